The highest BCUT2D eigenvalue weighted by Crippen LogP contribution is 2.28. The van der Waals surface area contributed by atoms with Crippen LogP contribution in [-0.2, 0) is 0 Å². The zero-order valence-electron chi connectivity index (χ0n) is 8.50. The zero-order chi connectivity index (χ0) is 11.0. The van der Waals surface area contributed by atoms with Gasteiger partial charge in [0.25, 0.3) is 5.52 Å². The average molecular weight is 212 g/mol. The highest BCUT2D eigenvalue weighted by Gasteiger charge is 2.14. The molecular formula is C13H10NO2+. The normalized spacial score (nSPS) is 10.8. The number of aromatic hydroxyl groups is 1. The second-order valence-electron chi connectivity index (χ2n) is 3.57. The molecule has 0 radical (unpaired) electrons. The van der Waals surface area contributed by atoms with Gasteiger partial charge in [-0.15, -0.1) is 0 Å². The molecule has 0 unspecified atom stereocenters. The predicted molar refractivity (Wildman–Crippen MR) is 59.0 cm³/mol. The van der Waals surface area contributed by atoms with E-state index in [1.165, 1.54) is 0 Å². The molecule has 0 aliphatic carbocycles. The summed E-state index contributed by atoms with van der Waals surface area (Å²) in [7, 11) is 0. The van der Waals surface area contributed by atoms with E-state index in [0.717, 1.165) is 5.52 Å². The lowest BCUT2D eigenvalue weighted by Gasteiger charge is -1.95. The fraction of sp³-hybridized carbons (Fsp3) is 0. The summed E-state index contributed by atoms with van der Waals surface area (Å²) in [6, 6.07) is 14.8. The maximum Gasteiger partial charge on any atom is 0.262 e. The van der Waals surface area contributed by atoms with E-state index in [1.54, 1.807) is 16.7 Å². The van der Waals surface area contributed by atoms with Crippen LogP contribution in [0.1, 0.15) is 0 Å². The number of hydrogen-bond acceptors (Lipinski definition) is 2. The first-order valence-corrected chi connectivity index (χ1v) is 5.04. The molecule has 1 aromatic carbocycles. The first kappa shape index (κ1) is 8.97. The van der Waals surface area contributed by atoms with E-state index in [0.29, 0.717) is 11.3 Å². The van der Waals surface area contributed by atoms with E-state index < -0.39 is 0 Å². The number of rotatable bonds is 1. The lowest BCUT2D eigenvalue weighted by Crippen LogP contribution is -2.15. The van der Waals surface area contributed by atoms with Crippen molar-refractivity contribution in [3.63, 3.8) is 0 Å². The molecule has 3 rings (SSSR count). The van der Waals surface area contributed by atoms with E-state index in [4.69, 9.17) is 4.52 Å². The van der Waals surface area contributed by atoms with Crippen LogP contribution < -0.4 is 4.57 Å². The summed E-state index contributed by atoms with van der Waals surface area (Å²) in [6.45, 7) is 0. The number of pyridine rings is 1. The van der Waals surface area contributed by atoms with Crippen LogP contribution in [0.25, 0.3) is 16.8 Å². The molecule has 3 heteroatoms. The number of nitrogens with zero attached hydrogens (tertiary/aromatic N) is 1. The van der Waals surface area contributed by atoms with Gasteiger partial charge in [-0.1, -0.05) is 12.1 Å². The Morgan fingerprint density at radius 2 is 1.81 bits per heavy atom. The number of phenols is 1. The Morgan fingerprint density at radius 1 is 1.00 bits per heavy atom. The Hall–Kier alpha value is -2.29. The third-order valence-corrected chi connectivity index (χ3v) is 2.50. The Kier molecular flexibility index (Phi) is 1.90. The van der Waals surface area contributed by atoms with Gasteiger partial charge in [0, 0.05) is 16.7 Å². The Morgan fingerprint density at radius 3 is 2.62 bits per heavy atom. The summed E-state index contributed by atoms with van der Waals surface area (Å²) < 4.78 is 7.26. The van der Waals surface area contributed by atoms with Gasteiger partial charge in [-0.3, -0.25) is 0 Å². The van der Waals surface area contributed by atoms with Gasteiger partial charge < -0.3 is 5.11 Å². The molecule has 0 saturated carbocycles. The van der Waals surface area contributed by atoms with Crippen molar-refractivity contribution in [3.8, 4) is 17.1 Å². The van der Waals surface area contributed by atoms with E-state index in [2.05, 4.69) is 0 Å². The third-order valence-electron chi connectivity index (χ3n) is 2.50. The van der Waals surface area contributed by atoms with Crippen LogP contribution in [-0.4, -0.2) is 5.11 Å². The molecule has 0 aliphatic rings. The molecular weight excluding hydrogens is 202 g/mol. The zero-order valence-corrected chi connectivity index (χ0v) is 8.50. The molecule has 3 nitrogen and oxygen atoms in total. The van der Waals surface area contributed by atoms with Gasteiger partial charge in [-0.2, -0.15) is 0 Å². The van der Waals surface area contributed by atoms with Crippen LogP contribution in [0, 0.1) is 0 Å². The van der Waals surface area contributed by atoms with Gasteiger partial charge in [-0.05, 0) is 18.2 Å². The van der Waals surface area contributed by atoms with Crippen molar-refractivity contribution >= 4 is 5.52 Å². The minimum Gasteiger partial charge on any atom is -0.507 e. The van der Waals surface area contributed by atoms with Gasteiger partial charge in [-0.25, -0.2) is 4.52 Å². The van der Waals surface area contributed by atoms with Crippen LogP contribution in [0.4, 0.5) is 0 Å². The standard InChI is InChI=1S/C13H9NO2/c15-12-7-2-1-6-11(12)13-9-10-5-3-4-8-14(10)16-13/h1-9H/p+1. The molecule has 0 spiro atoms. The molecule has 2 aromatic heterocycles. The number of hydrogen-bond donors (Lipinski definition) is 1. The molecule has 0 fully saturated rings. The summed E-state index contributed by atoms with van der Waals surface area (Å²) in [6.07, 6.45) is 1.83. The number of benzene rings is 1. The number of phenolic OH excluding ortho intramolecular Hbond substituents is 1. The number of para-hydroxylation sites is 1. The lowest BCUT2D eigenvalue weighted by atomic mass is 10.1. The Bertz CT molecular complexity index is 610. The summed E-state index contributed by atoms with van der Waals surface area (Å²) in [5, 5.41) is 9.72. The van der Waals surface area contributed by atoms with Crippen LogP contribution in [0.2, 0.25) is 0 Å². The Labute approximate surface area is 92.2 Å². The average Bonchev–Trinajstić information content (AvgIpc) is 2.73. The third kappa shape index (κ3) is 1.34. The SMILES string of the molecule is Oc1ccccc1-c1cc2cccc[n+]2o1. The number of aromatic nitrogens is 1. The van der Waals surface area contributed by atoms with Gasteiger partial charge >= 0.3 is 0 Å². The Balaban J connectivity index is 2.23. The van der Waals surface area contributed by atoms with E-state index in [9.17, 15) is 5.11 Å². The highest BCUT2D eigenvalue weighted by molar-refractivity contribution is 5.67. The summed E-state index contributed by atoms with van der Waals surface area (Å²) in [4.78, 5) is 0. The molecule has 2 heterocycles. The van der Waals surface area contributed by atoms with Crippen LogP contribution in [0.3, 0.4) is 0 Å². The predicted octanol–water partition coefficient (Wildman–Crippen LogP) is 2.39. The van der Waals surface area contributed by atoms with Crippen LogP contribution in [0.15, 0.2) is 59.3 Å². The largest absolute Gasteiger partial charge is 0.507 e. The fourth-order valence-electron chi connectivity index (χ4n) is 1.71. The van der Waals surface area contributed by atoms with Crippen molar-refractivity contribution in [2.45, 2.75) is 0 Å². The van der Waals surface area contributed by atoms with E-state index in [1.807, 2.05) is 42.6 Å². The molecule has 78 valence electrons. The maximum atomic E-state index is 9.72. The highest BCUT2D eigenvalue weighted by atomic mass is 16.5. The molecule has 3 aromatic rings. The number of fused-ring (bicyclic) bond motifs is 1. The van der Waals surface area contributed by atoms with Crippen LogP contribution >= 0.6 is 0 Å². The van der Waals surface area contributed by atoms with Crippen molar-refractivity contribution in [2.75, 3.05) is 0 Å². The van der Waals surface area contributed by atoms with Gasteiger partial charge in [0.05, 0.1) is 11.6 Å². The quantitative estimate of drug-likeness (QED) is 0.629. The van der Waals surface area contributed by atoms with Crippen molar-refractivity contribution in [1.29, 1.82) is 0 Å². The molecule has 0 saturated heterocycles. The second-order valence-corrected chi connectivity index (χ2v) is 3.57. The van der Waals surface area contributed by atoms with Gasteiger partial charge in [0.2, 0.25) is 12.0 Å². The second kappa shape index (κ2) is 3.38. The summed E-state index contributed by atoms with van der Waals surface area (Å²) >= 11 is 0. The first-order valence-electron chi connectivity index (χ1n) is 5.04. The molecule has 0 amide bonds. The summed E-state index contributed by atoms with van der Waals surface area (Å²) in [5.74, 6) is 0.881. The van der Waals surface area contributed by atoms with E-state index >= 15 is 0 Å². The minimum absolute atomic E-state index is 0.224. The maximum absolute atomic E-state index is 9.72. The fourth-order valence-corrected chi connectivity index (χ4v) is 1.71. The molecule has 0 atom stereocenters. The smallest absolute Gasteiger partial charge is 0.262 e. The monoisotopic (exact) mass is 212 g/mol. The van der Waals surface area contributed by atoms with Crippen molar-refractivity contribution in [3.05, 3.63) is 54.7 Å². The molecule has 1 N–H and O–H groups in total. The lowest BCUT2D eigenvalue weighted by molar-refractivity contribution is -0.714. The van der Waals surface area contributed by atoms with E-state index in [-0.39, 0.29) is 5.75 Å². The molecule has 16 heavy (non-hydrogen) atoms. The van der Waals surface area contributed by atoms with Gasteiger partial charge in [0.1, 0.15) is 5.75 Å². The van der Waals surface area contributed by atoms with Gasteiger partial charge in [0.15, 0.2) is 0 Å². The molecule has 0 bridgehead atoms. The topological polar surface area (TPSA) is 37.5 Å². The van der Waals surface area contributed by atoms with Crippen molar-refractivity contribution in [2.24, 2.45) is 0 Å². The van der Waals surface area contributed by atoms with Crippen molar-refractivity contribution < 1.29 is 14.2 Å². The van der Waals surface area contributed by atoms with Crippen LogP contribution in [0.5, 0.6) is 5.75 Å². The first-order chi connectivity index (χ1) is 7.84. The summed E-state index contributed by atoms with van der Waals surface area (Å²) in [5.41, 5.74) is 1.66. The minimum atomic E-state index is 0.224. The van der Waals surface area contributed by atoms with Crippen molar-refractivity contribution in [1.82, 2.24) is 0 Å². The molecule has 0 aliphatic heterocycles.